The van der Waals surface area contributed by atoms with E-state index in [1.54, 1.807) is 0 Å². The van der Waals surface area contributed by atoms with Crippen molar-refractivity contribution in [2.24, 2.45) is 0 Å². The zero-order chi connectivity index (χ0) is 0. The van der Waals surface area contributed by atoms with Crippen molar-refractivity contribution in [2.45, 2.75) is 0 Å². The zero-order valence-corrected chi connectivity index (χ0v) is 6.26. The van der Waals surface area contributed by atoms with Crippen LogP contribution < -0.4 is 0 Å². The fourth-order valence-corrected chi connectivity index (χ4v) is 0. The molecule has 0 bridgehead atoms. The summed E-state index contributed by atoms with van der Waals surface area (Å²) in [7, 11) is 0. The van der Waals surface area contributed by atoms with Crippen molar-refractivity contribution in [2.75, 3.05) is 0 Å². The molecule has 4 heavy (non-hydrogen) atoms. The maximum absolute atomic E-state index is 0. The van der Waals surface area contributed by atoms with Gasteiger partial charge in [-0.15, -0.1) is 0 Å². The summed E-state index contributed by atoms with van der Waals surface area (Å²) in [5.74, 6) is 0. The van der Waals surface area contributed by atoms with Gasteiger partial charge in [0.05, 0.1) is 0 Å². The van der Waals surface area contributed by atoms with E-state index in [0.29, 0.717) is 0 Å². The van der Waals surface area contributed by atoms with E-state index >= 15 is 0 Å². The molecule has 0 saturated carbocycles. The van der Waals surface area contributed by atoms with Gasteiger partial charge in [-0.1, -0.05) is 0 Å². The van der Waals surface area contributed by atoms with E-state index < -0.39 is 0 Å². The fourth-order valence-electron chi connectivity index (χ4n) is 0. The molecule has 0 aromatic rings. The molecule has 0 aromatic heterocycles. The molecular weight excluding hydrogens is 344 g/mol. The first-order valence-corrected chi connectivity index (χ1v) is 0. The summed E-state index contributed by atoms with van der Waals surface area (Å²) in [5, 5.41) is 0. The molecule has 0 spiro atoms. The van der Waals surface area contributed by atoms with Gasteiger partial charge in [-0.3, -0.25) is 0 Å². The Labute approximate surface area is 86.0 Å². The smallest absolute Gasteiger partial charge is 0 e. The van der Waals surface area contributed by atoms with Crippen LogP contribution in [-0.4, -0.2) is 0 Å². The summed E-state index contributed by atoms with van der Waals surface area (Å²) in [6, 6.07) is 0. The average Bonchev–Trinajstić information content (AvgIpc) is 0. The molecule has 0 aliphatic carbocycles. The maximum Gasteiger partial charge on any atom is 0 e. The van der Waals surface area contributed by atoms with Crippen LogP contribution in [0.4, 0.5) is 0 Å². The third-order valence-corrected chi connectivity index (χ3v) is 0. The number of rotatable bonds is 0. The zero-order valence-electron chi connectivity index (χ0n) is 1.29. The van der Waals surface area contributed by atoms with Gasteiger partial charge in [0.2, 0.25) is 0 Å². The van der Waals surface area contributed by atoms with Gasteiger partial charge in [0, 0.05) is 87.6 Å². The van der Waals surface area contributed by atoms with Crippen LogP contribution in [-0.2, 0) is 50.3 Å². The predicted octanol–water partition coefficient (Wildman–Crippen LogP) is -0.00750. The SMILES string of the molecule is [Co].[Co].[Co].[Er]. The average molecular weight is 344 g/mol. The third-order valence-electron chi connectivity index (χ3n) is 0. The molecule has 0 unspecified atom stereocenters. The maximum atomic E-state index is 0. The molecule has 0 atom stereocenters. The van der Waals surface area contributed by atoms with E-state index in [-0.39, 0.29) is 87.6 Å². The Morgan fingerprint density at radius 2 is 0.500 bits per heavy atom. The molecule has 0 aliphatic heterocycles. The Hall–Kier alpha value is 2.77. The van der Waals surface area contributed by atoms with E-state index in [4.69, 9.17) is 0 Å². The quantitative estimate of drug-likeness (QED) is 0.580. The van der Waals surface area contributed by atoms with Gasteiger partial charge in [-0.25, -0.2) is 0 Å². The third kappa shape index (κ3) is 8.84. The fraction of sp³-hybridized carbons (Fsp3) is 0. The molecule has 0 heterocycles. The van der Waals surface area contributed by atoms with Gasteiger partial charge < -0.3 is 0 Å². The van der Waals surface area contributed by atoms with Crippen molar-refractivity contribution in [3.8, 4) is 0 Å². The monoisotopic (exact) mass is 343 g/mol. The van der Waals surface area contributed by atoms with Gasteiger partial charge in [-0.2, -0.15) is 0 Å². The minimum absolute atomic E-state index is 0. The Bertz CT molecular complexity index is 3.25. The minimum atomic E-state index is 0. The van der Waals surface area contributed by atoms with E-state index in [2.05, 4.69) is 0 Å². The van der Waals surface area contributed by atoms with Crippen molar-refractivity contribution in [3.63, 3.8) is 0 Å². The minimum Gasteiger partial charge on any atom is 0 e. The van der Waals surface area contributed by atoms with Crippen molar-refractivity contribution < 1.29 is 87.6 Å². The van der Waals surface area contributed by atoms with Gasteiger partial charge in [0.25, 0.3) is 0 Å². The van der Waals surface area contributed by atoms with Crippen LogP contribution in [0, 0.1) is 37.3 Å². The van der Waals surface area contributed by atoms with Gasteiger partial charge in [0.15, 0.2) is 0 Å². The van der Waals surface area contributed by atoms with Crippen LogP contribution in [0.3, 0.4) is 0 Å². The molecule has 0 aromatic carbocycles. The van der Waals surface area contributed by atoms with E-state index in [1.165, 1.54) is 0 Å². The molecule has 0 aliphatic rings. The van der Waals surface area contributed by atoms with Crippen LogP contribution in [0.2, 0.25) is 0 Å². The number of hydrogen-bond acceptors (Lipinski definition) is 0. The van der Waals surface area contributed by atoms with Crippen LogP contribution >= 0.6 is 0 Å². The molecule has 0 saturated heterocycles. The molecule has 39 valence electrons. The van der Waals surface area contributed by atoms with Crippen LogP contribution in [0.1, 0.15) is 0 Å². The van der Waals surface area contributed by atoms with Crippen molar-refractivity contribution >= 4 is 0 Å². The number of hydrogen-bond donors (Lipinski definition) is 0. The predicted molar refractivity (Wildman–Crippen MR) is 0 cm³/mol. The standard InChI is InChI=1S/3Co.Er. The Balaban J connectivity index is 0. The summed E-state index contributed by atoms with van der Waals surface area (Å²) in [6.07, 6.45) is 0. The van der Waals surface area contributed by atoms with Crippen LogP contribution in [0.5, 0.6) is 0 Å². The molecule has 3 radical (unpaired) electrons. The summed E-state index contributed by atoms with van der Waals surface area (Å²) in [6.45, 7) is 0. The summed E-state index contributed by atoms with van der Waals surface area (Å²) in [4.78, 5) is 0. The van der Waals surface area contributed by atoms with Crippen LogP contribution in [0.15, 0.2) is 0 Å². The van der Waals surface area contributed by atoms with E-state index in [0.717, 1.165) is 0 Å². The first-order chi connectivity index (χ1) is 0. The first kappa shape index (κ1) is 29.4. The summed E-state index contributed by atoms with van der Waals surface area (Å²) in [5.41, 5.74) is 0. The van der Waals surface area contributed by atoms with Crippen molar-refractivity contribution in [1.29, 1.82) is 0 Å². The second-order valence-corrected chi connectivity index (χ2v) is 0. The van der Waals surface area contributed by atoms with Gasteiger partial charge >= 0.3 is 0 Å². The first-order valence-electron chi connectivity index (χ1n) is 0. The van der Waals surface area contributed by atoms with Gasteiger partial charge in [0.1, 0.15) is 0 Å². The van der Waals surface area contributed by atoms with Crippen LogP contribution in [0.25, 0.3) is 0 Å². The second kappa shape index (κ2) is 17.1. The molecule has 0 rings (SSSR count). The summed E-state index contributed by atoms with van der Waals surface area (Å²) < 4.78 is 0. The van der Waals surface area contributed by atoms with E-state index in [9.17, 15) is 0 Å². The molecule has 0 N–H and O–H groups in total. The second-order valence-electron chi connectivity index (χ2n) is 0. The molecule has 0 amide bonds. The molecule has 0 fully saturated rings. The normalized spacial score (nSPS) is 0. The molecule has 0 nitrogen and oxygen atoms in total. The molecule has 4 heteroatoms. The summed E-state index contributed by atoms with van der Waals surface area (Å²) >= 11 is 0. The molecular formula is Co3Er. The Morgan fingerprint density at radius 1 is 0.500 bits per heavy atom. The largest absolute Gasteiger partial charge is 0 e. The topological polar surface area (TPSA) is 0 Å². The van der Waals surface area contributed by atoms with Crippen molar-refractivity contribution in [1.82, 2.24) is 0 Å². The Kier molecular flexibility index (Phi) is 126. The van der Waals surface area contributed by atoms with Gasteiger partial charge in [-0.05, 0) is 0 Å². The van der Waals surface area contributed by atoms with E-state index in [1.807, 2.05) is 0 Å². The Morgan fingerprint density at radius 3 is 0.500 bits per heavy atom. The van der Waals surface area contributed by atoms with Crippen molar-refractivity contribution in [3.05, 3.63) is 0 Å².